The lowest BCUT2D eigenvalue weighted by Crippen LogP contribution is -2.50. The summed E-state index contributed by atoms with van der Waals surface area (Å²) >= 11 is 3.54. The van der Waals surface area contributed by atoms with Gasteiger partial charge in [-0.2, -0.15) is 0 Å². The molecule has 2 aromatic rings. The molecule has 0 aromatic carbocycles. The highest BCUT2D eigenvalue weighted by Crippen LogP contribution is 2.39. The van der Waals surface area contributed by atoms with Crippen LogP contribution < -0.4 is 16.0 Å². The Morgan fingerprint density at radius 2 is 2.28 bits per heavy atom. The van der Waals surface area contributed by atoms with Crippen molar-refractivity contribution >= 4 is 56.7 Å². The van der Waals surface area contributed by atoms with Gasteiger partial charge in [0.1, 0.15) is 11.8 Å². The Hall–Kier alpha value is -1.38. The molecular formula is C16H22BrClFN5O. The summed E-state index contributed by atoms with van der Waals surface area (Å²) in [6.07, 6.45) is 2.84. The van der Waals surface area contributed by atoms with Crippen molar-refractivity contribution in [3.8, 4) is 0 Å². The van der Waals surface area contributed by atoms with Gasteiger partial charge in [0.15, 0.2) is 0 Å². The zero-order valence-corrected chi connectivity index (χ0v) is 16.5. The fourth-order valence-electron chi connectivity index (χ4n) is 2.90. The standard InChI is InChI=1S/C16H21BrFN5O.ClH/c1-8(2)16(24)22-12-6-21-15-13(12)14(9(17)5-20-15)23-4-3-10(18)11(19)7-23;/h5-6,8,10-11H,3-4,7,19H2,1-2H3,(H,20,21)(H,22,24);1H. The highest BCUT2D eigenvalue weighted by molar-refractivity contribution is 9.10. The van der Waals surface area contributed by atoms with Gasteiger partial charge < -0.3 is 20.9 Å². The number of fused-ring (bicyclic) bond motifs is 1. The molecule has 0 spiro atoms. The quantitative estimate of drug-likeness (QED) is 0.692. The number of carbonyl (C=O) groups excluding carboxylic acids is 1. The van der Waals surface area contributed by atoms with Crippen molar-refractivity contribution in [1.82, 2.24) is 9.97 Å². The number of nitrogens with two attached hydrogens (primary N) is 1. The largest absolute Gasteiger partial charge is 0.368 e. The van der Waals surface area contributed by atoms with Crippen LogP contribution in [-0.4, -0.2) is 41.2 Å². The van der Waals surface area contributed by atoms with E-state index in [0.717, 1.165) is 15.5 Å². The smallest absolute Gasteiger partial charge is 0.226 e. The first-order valence-corrected chi connectivity index (χ1v) is 8.78. The molecule has 0 saturated carbocycles. The first kappa shape index (κ1) is 19.9. The number of nitrogens with zero attached hydrogens (tertiary/aromatic N) is 2. The number of nitrogens with one attached hydrogen (secondary N) is 2. The monoisotopic (exact) mass is 433 g/mol. The van der Waals surface area contributed by atoms with E-state index in [1.165, 1.54) is 0 Å². The summed E-state index contributed by atoms with van der Waals surface area (Å²) < 4.78 is 14.5. The third-order valence-electron chi connectivity index (χ3n) is 4.30. The minimum atomic E-state index is -0.983. The Morgan fingerprint density at radius 3 is 2.92 bits per heavy atom. The average molecular weight is 435 g/mol. The fraction of sp³-hybridized carbons (Fsp3) is 0.500. The fourth-order valence-corrected chi connectivity index (χ4v) is 3.45. The maximum Gasteiger partial charge on any atom is 0.226 e. The lowest BCUT2D eigenvalue weighted by molar-refractivity contribution is -0.118. The molecule has 0 aliphatic carbocycles. The third kappa shape index (κ3) is 3.91. The maximum atomic E-state index is 13.7. The van der Waals surface area contributed by atoms with Crippen LogP contribution in [-0.2, 0) is 4.79 Å². The zero-order chi connectivity index (χ0) is 17.4. The van der Waals surface area contributed by atoms with Gasteiger partial charge in [-0.1, -0.05) is 13.8 Å². The number of amides is 1. The average Bonchev–Trinajstić information content (AvgIpc) is 2.93. The minimum absolute atomic E-state index is 0. The molecule has 2 unspecified atom stereocenters. The van der Waals surface area contributed by atoms with Gasteiger partial charge in [-0.15, -0.1) is 12.4 Å². The Balaban J connectivity index is 0.00000225. The van der Waals surface area contributed by atoms with Crippen LogP contribution in [0.2, 0.25) is 0 Å². The summed E-state index contributed by atoms with van der Waals surface area (Å²) in [5, 5.41) is 3.74. The van der Waals surface area contributed by atoms with Crippen LogP contribution in [0, 0.1) is 5.92 Å². The second kappa shape index (κ2) is 7.88. The van der Waals surface area contributed by atoms with Crippen molar-refractivity contribution in [2.75, 3.05) is 23.3 Å². The van der Waals surface area contributed by atoms with Gasteiger partial charge in [0.05, 0.1) is 27.3 Å². The Bertz CT molecular complexity index is 768. The molecule has 4 N–H and O–H groups in total. The number of H-pyrrole nitrogens is 1. The summed E-state index contributed by atoms with van der Waals surface area (Å²) in [4.78, 5) is 21.6. The molecule has 1 aliphatic heterocycles. The number of aromatic nitrogens is 2. The van der Waals surface area contributed by atoms with Gasteiger partial charge in [-0.3, -0.25) is 4.79 Å². The molecule has 138 valence electrons. The summed E-state index contributed by atoms with van der Waals surface area (Å²) in [5.41, 5.74) is 8.13. The van der Waals surface area contributed by atoms with Crippen LogP contribution in [0.3, 0.4) is 0 Å². The first-order chi connectivity index (χ1) is 11.4. The van der Waals surface area contributed by atoms with Gasteiger partial charge in [-0.25, -0.2) is 9.37 Å². The number of halogens is 3. The van der Waals surface area contributed by atoms with Crippen LogP contribution in [0.4, 0.5) is 15.8 Å². The Labute approximate surface area is 160 Å². The van der Waals surface area contributed by atoms with E-state index in [-0.39, 0.29) is 24.2 Å². The van der Waals surface area contributed by atoms with Crippen LogP contribution in [0.15, 0.2) is 16.9 Å². The molecule has 2 atom stereocenters. The minimum Gasteiger partial charge on any atom is -0.368 e. The molecule has 1 aliphatic rings. The number of carbonyl (C=O) groups is 1. The Morgan fingerprint density at radius 1 is 1.56 bits per heavy atom. The topological polar surface area (TPSA) is 87.0 Å². The van der Waals surface area contributed by atoms with Crippen molar-refractivity contribution in [2.45, 2.75) is 32.5 Å². The zero-order valence-electron chi connectivity index (χ0n) is 14.1. The van der Waals surface area contributed by atoms with Crippen LogP contribution >= 0.6 is 28.3 Å². The van der Waals surface area contributed by atoms with E-state index < -0.39 is 12.2 Å². The molecule has 0 radical (unpaired) electrons. The van der Waals surface area contributed by atoms with Crippen LogP contribution in [0.1, 0.15) is 20.3 Å². The van der Waals surface area contributed by atoms with Crippen molar-refractivity contribution in [3.05, 3.63) is 16.9 Å². The molecule has 25 heavy (non-hydrogen) atoms. The number of aromatic amines is 1. The predicted octanol–water partition coefficient (Wildman–Crippen LogP) is 3.22. The number of hydrogen-bond acceptors (Lipinski definition) is 4. The lowest BCUT2D eigenvalue weighted by atomic mass is 10.0. The molecule has 1 fully saturated rings. The van der Waals surface area contributed by atoms with Crippen molar-refractivity contribution < 1.29 is 9.18 Å². The molecule has 2 aromatic heterocycles. The highest BCUT2D eigenvalue weighted by Gasteiger charge is 2.29. The number of rotatable bonds is 3. The number of pyridine rings is 1. The Kier molecular flexibility index (Phi) is 6.29. The predicted molar refractivity (Wildman–Crippen MR) is 104 cm³/mol. The van der Waals surface area contributed by atoms with Gasteiger partial charge in [0.25, 0.3) is 0 Å². The summed E-state index contributed by atoms with van der Waals surface area (Å²) in [5.74, 6) is -0.199. The molecule has 3 heterocycles. The summed E-state index contributed by atoms with van der Waals surface area (Å²) in [6.45, 7) is 4.66. The molecule has 6 nitrogen and oxygen atoms in total. The van der Waals surface area contributed by atoms with Crippen molar-refractivity contribution in [2.24, 2.45) is 11.7 Å². The van der Waals surface area contributed by atoms with Gasteiger partial charge >= 0.3 is 0 Å². The van der Waals surface area contributed by atoms with E-state index in [1.807, 2.05) is 18.7 Å². The van der Waals surface area contributed by atoms with Crippen molar-refractivity contribution in [1.29, 1.82) is 0 Å². The van der Waals surface area contributed by atoms with E-state index >= 15 is 0 Å². The normalized spacial score (nSPS) is 20.6. The van der Waals surface area contributed by atoms with E-state index in [1.54, 1.807) is 12.4 Å². The number of piperidine rings is 1. The van der Waals surface area contributed by atoms with E-state index in [4.69, 9.17) is 5.73 Å². The lowest BCUT2D eigenvalue weighted by Gasteiger charge is -2.35. The molecule has 3 rings (SSSR count). The van der Waals surface area contributed by atoms with E-state index in [0.29, 0.717) is 30.8 Å². The third-order valence-corrected chi connectivity index (χ3v) is 4.88. The van der Waals surface area contributed by atoms with E-state index in [2.05, 4.69) is 31.2 Å². The van der Waals surface area contributed by atoms with Gasteiger partial charge in [0.2, 0.25) is 5.91 Å². The molecule has 1 amide bonds. The molecule has 0 bridgehead atoms. The summed E-state index contributed by atoms with van der Waals surface area (Å²) in [6, 6.07) is -0.526. The van der Waals surface area contributed by atoms with E-state index in [9.17, 15) is 9.18 Å². The number of alkyl halides is 1. The highest BCUT2D eigenvalue weighted by atomic mass is 79.9. The number of anilines is 2. The maximum absolute atomic E-state index is 13.7. The second-order valence-electron chi connectivity index (χ2n) is 6.44. The van der Waals surface area contributed by atoms with Crippen molar-refractivity contribution in [3.63, 3.8) is 0 Å². The SMILES string of the molecule is CC(C)C(=O)Nc1c[nH]c2ncc(Br)c(N3CCC(F)C(N)C3)c12.Cl. The molecular weight excluding hydrogens is 413 g/mol. The first-order valence-electron chi connectivity index (χ1n) is 7.99. The van der Waals surface area contributed by atoms with Crippen LogP contribution in [0.25, 0.3) is 11.0 Å². The number of hydrogen-bond donors (Lipinski definition) is 3. The van der Waals surface area contributed by atoms with Crippen LogP contribution in [0.5, 0.6) is 0 Å². The van der Waals surface area contributed by atoms with Gasteiger partial charge in [0, 0.05) is 31.4 Å². The molecule has 9 heteroatoms. The second-order valence-corrected chi connectivity index (χ2v) is 7.29. The van der Waals surface area contributed by atoms with Gasteiger partial charge in [-0.05, 0) is 22.4 Å². The molecule has 1 saturated heterocycles. The summed E-state index contributed by atoms with van der Waals surface area (Å²) in [7, 11) is 0.